The molecule has 2 aromatic carbocycles. The van der Waals surface area contributed by atoms with Gasteiger partial charge in [0.1, 0.15) is 0 Å². The third-order valence-corrected chi connectivity index (χ3v) is 7.32. The van der Waals surface area contributed by atoms with E-state index in [-0.39, 0.29) is 28.7 Å². The van der Waals surface area contributed by atoms with E-state index >= 15 is 0 Å². The lowest BCUT2D eigenvalue weighted by atomic mass is 10.1. The minimum Gasteiger partial charge on any atom is -0.341 e. The monoisotopic (exact) mass is 363 g/mol. The van der Waals surface area contributed by atoms with Crippen LogP contribution in [0, 0.1) is 0 Å². The quantitative estimate of drug-likeness (QED) is 0.784. The minimum atomic E-state index is -2.98. The van der Waals surface area contributed by atoms with E-state index in [0.717, 1.165) is 10.3 Å². The van der Waals surface area contributed by atoms with Crippen LogP contribution in [0.2, 0.25) is 0 Å². The van der Waals surface area contributed by atoms with Crippen LogP contribution < -0.4 is 0 Å². The highest BCUT2D eigenvalue weighted by Crippen LogP contribution is 2.28. The van der Waals surface area contributed by atoms with Crippen LogP contribution in [0.4, 0.5) is 0 Å². The molecule has 1 aliphatic rings. The summed E-state index contributed by atoms with van der Waals surface area (Å²) in [6.07, 6.45) is 0.540. The van der Waals surface area contributed by atoms with Gasteiger partial charge in [-0.15, -0.1) is 11.8 Å². The molecule has 24 heavy (non-hydrogen) atoms. The molecule has 2 aromatic rings. The molecule has 128 valence electrons. The molecular formula is C18H21NO3S2. The zero-order valence-corrected chi connectivity index (χ0v) is 15.4. The predicted molar refractivity (Wildman–Crippen MR) is 99.1 cm³/mol. The zero-order valence-electron chi connectivity index (χ0n) is 13.8. The highest BCUT2D eigenvalue weighted by Gasteiger charge is 2.34. The van der Waals surface area contributed by atoms with Crippen LogP contribution in [0.5, 0.6) is 0 Å². The Morgan fingerprint density at radius 3 is 2.58 bits per heavy atom. The fourth-order valence-corrected chi connectivity index (χ4v) is 5.83. The third-order valence-electron chi connectivity index (χ3n) is 4.49. The number of rotatable bonds is 4. The summed E-state index contributed by atoms with van der Waals surface area (Å²) in [7, 11) is -1.27. The number of nitrogens with zero attached hydrogens (tertiary/aromatic N) is 1. The second kappa shape index (κ2) is 6.76. The van der Waals surface area contributed by atoms with Crippen LogP contribution in [-0.4, -0.2) is 49.1 Å². The third kappa shape index (κ3) is 3.75. The molecule has 0 bridgehead atoms. The standard InChI is InChI=1S/C18H21NO3S2/c1-13(18(20)19(2)16-9-10-24(21,22)12-16)23-17-8-7-14-5-3-4-6-15(14)11-17/h3-8,11,13,16H,9-10,12H2,1-2H3. The van der Waals surface area contributed by atoms with Crippen molar-refractivity contribution in [2.24, 2.45) is 0 Å². The van der Waals surface area contributed by atoms with Crippen molar-refractivity contribution in [1.29, 1.82) is 0 Å². The van der Waals surface area contributed by atoms with Crippen molar-refractivity contribution in [3.05, 3.63) is 42.5 Å². The van der Waals surface area contributed by atoms with Crippen LogP contribution in [-0.2, 0) is 14.6 Å². The second-order valence-corrected chi connectivity index (χ2v) is 9.92. The molecule has 4 nitrogen and oxygen atoms in total. The molecule has 1 fully saturated rings. The van der Waals surface area contributed by atoms with Gasteiger partial charge in [0.25, 0.3) is 0 Å². The number of carbonyl (C=O) groups excluding carboxylic acids is 1. The molecule has 6 heteroatoms. The van der Waals surface area contributed by atoms with Crippen LogP contribution in [0.1, 0.15) is 13.3 Å². The largest absolute Gasteiger partial charge is 0.341 e. The molecule has 2 unspecified atom stereocenters. The maximum Gasteiger partial charge on any atom is 0.235 e. The molecule has 0 aromatic heterocycles. The van der Waals surface area contributed by atoms with Gasteiger partial charge in [0, 0.05) is 18.0 Å². The first-order valence-electron chi connectivity index (χ1n) is 7.98. The molecule has 1 heterocycles. The Morgan fingerprint density at radius 1 is 1.21 bits per heavy atom. The summed E-state index contributed by atoms with van der Waals surface area (Å²) in [5, 5.41) is 2.07. The predicted octanol–water partition coefficient (Wildman–Crippen LogP) is 2.97. The molecule has 0 N–H and O–H groups in total. The molecule has 1 amide bonds. The lowest BCUT2D eigenvalue weighted by molar-refractivity contribution is -0.130. The Morgan fingerprint density at radius 2 is 1.92 bits per heavy atom. The summed E-state index contributed by atoms with van der Waals surface area (Å²) in [6, 6.07) is 14.1. The van der Waals surface area contributed by atoms with Gasteiger partial charge < -0.3 is 4.90 Å². The lowest BCUT2D eigenvalue weighted by Crippen LogP contribution is -2.41. The van der Waals surface area contributed by atoms with E-state index < -0.39 is 9.84 Å². The Kier molecular flexibility index (Phi) is 4.88. The number of hydrogen-bond acceptors (Lipinski definition) is 4. The number of hydrogen-bond donors (Lipinski definition) is 0. The summed E-state index contributed by atoms with van der Waals surface area (Å²) in [6.45, 7) is 1.88. The van der Waals surface area contributed by atoms with Crippen molar-refractivity contribution >= 4 is 38.3 Å². The van der Waals surface area contributed by atoms with Gasteiger partial charge in [0.05, 0.1) is 16.8 Å². The number of sulfone groups is 1. The number of thioether (sulfide) groups is 1. The summed E-state index contributed by atoms with van der Waals surface area (Å²) in [5.41, 5.74) is 0. The van der Waals surface area contributed by atoms with Crippen molar-refractivity contribution < 1.29 is 13.2 Å². The average molecular weight is 364 g/mol. The number of fused-ring (bicyclic) bond motifs is 1. The fourth-order valence-electron chi connectivity index (χ4n) is 3.04. The summed E-state index contributed by atoms with van der Waals surface area (Å²) in [5.74, 6) is 0.250. The lowest BCUT2D eigenvalue weighted by Gasteiger charge is -2.26. The maximum absolute atomic E-state index is 12.6. The second-order valence-electron chi connectivity index (χ2n) is 6.28. The van der Waals surface area contributed by atoms with Crippen LogP contribution in [0.25, 0.3) is 10.8 Å². The van der Waals surface area contributed by atoms with Gasteiger partial charge >= 0.3 is 0 Å². The van der Waals surface area contributed by atoms with Gasteiger partial charge in [0.15, 0.2) is 9.84 Å². The highest BCUT2D eigenvalue weighted by molar-refractivity contribution is 8.00. The van der Waals surface area contributed by atoms with Gasteiger partial charge in [-0.1, -0.05) is 30.3 Å². The molecule has 3 rings (SSSR count). The Balaban J connectivity index is 1.68. The topological polar surface area (TPSA) is 54.5 Å². The number of benzene rings is 2. The van der Waals surface area contributed by atoms with E-state index in [1.807, 2.05) is 25.1 Å². The van der Waals surface area contributed by atoms with E-state index in [4.69, 9.17) is 0 Å². The summed E-state index contributed by atoms with van der Waals surface area (Å²) < 4.78 is 23.2. The van der Waals surface area contributed by atoms with E-state index in [2.05, 4.69) is 24.3 Å². The Labute approximate surface area is 147 Å². The van der Waals surface area contributed by atoms with E-state index in [9.17, 15) is 13.2 Å². The minimum absolute atomic E-state index is 0.0183. The van der Waals surface area contributed by atoms with Crippen LogP contribution in [0.15, 0.2) is 47.4 Å². The van der Waals surface area contributed by atoms with Crippen molar-refractivity contribution in [3.63, 3.8) is 0 Å². The molecule has 0 radical (unpaired) electrons. The Hall–Kier alpha value is -1.53. The first kappa shape index (κ1) is 17.3. The molecule has 2 atom stereocenters. The average Bonchev–Trinajstić information content (AvgIpc) is 2.93. The van der Waals surface area contributed by atoms with Crippen molar-refractivity contribution in [2.75, 3.05) is 18.6 Å². The smallest absolute Gasteiger partial charge is 0.235 e. The number of amides is 1. The van der Waals surface area contributed by atoms with Gasteiger partial charge in [-0.05, 0) is 36.2 Å². The van der Waals surface area contributed by atoms with Gasteiger partial charge in [-0.25, -0.2) is 8.42 Å². The Bertz CT molecular complexity index is 863. The molecule has 0 spiro atoms. The summed E-state index contributed by atoms with van der Waals surface area (Å²) in [4.78, 5) is 15.3. The van der Waals surface area contributed by atoms with Crippen LogP contribution >= 0.6 is 11.8 Å². The molecular weight excluding hydrogens is 342 g/mol. The van der Waals surface area contributed by atoms with Crippen molar-refractivity contribution in [1.82, 2.24) is 4.90 Å². The zero-order chi connectivity index (χ0) is 17.3. The van der Waals surface area contributed by atoms with E-state index in [1.165, 1.54) is 17.1 Å². The fraction of sp³-hybridized carbons (Fsp3) is 0.389. The van der Waals surface area contributed by atoms with Gasteiger partial charge in [-0.3, -0.25) is 4.79 Å². The van der Waals surface area contributed by atoms with Gasteiger partial charge in [-0.2, -0.15) is 0 Å². The van der Waals surface area contributed by atoms with Gasteiger partial charge in [0.2, 0.25) is 5.91 Å². The SMILES string of the molecule is CC(Sc1ccc2ccccc2c1)C(=O)N(C)C1CCS(=O)(=O)C1. The van der Waals surface area contributed by atoms with E-state index in [0.29, 0.717) is 6.42 Å². The molecule has 1 saturated heterocycles. The highest BCUT2D eigenvalue weighted by atomic mass is 32.2. The first-order valence-corrected chi connectivity index (χ1v) is 10.7. The summed E-state index contributed by atoms with van der Waals surface area (Å²) >= 11 is 1.51. The van der Waals surface area contributed by atoms with Crippen LogP contribution in [0.3, 0.4) is 0 Å². The molecule has 0 aliphatic carbocycles. The maximum atomic E-state index is 12.6. The number of carbonyl (C=O) groups is 1. The van der Waals surface area contributed by atoms with E-state index in [1.54, 1.807) is 11.9 Å². The molecule has 1 aliphatic heterocycles. The molecule has 0 saturated carbocycles. The normalized spacial score (nSPS) is 20.8. The first-order chi connectivity index (χ1) is 11.4. The van der Waals surface area contributed by atoms with Crippen molar-refractivity contribution in [2.45, 2.75) is 29.5 Å². The van der Waals surface area contributed by atoms with Crippen molar-refractivity contribution in [3.8, 4) is 0 Å².